The Morgan fingerprint density at radius 3 is 1.62 bits per heavy atom. The molecule has 0 aliphatic heterocycles. The molecule has 0 aromatic rings. The lowest BCUT2D eigenvalue weighted by molar-refractivity contribution is -0.194. The fourth-order valence-corrected chi connectivity index (χ4v) is 4.61. The molecule has 234 valence electrons. The summed E-state index contributed by atoms with van der Waals surface area (Å²) in [6.45, 7) is 11.6. The lowest BCUT2D eigenvalue weighted by atomic mass is 9.98. The molecule has 0 aromatic heterocycles. The van der Waals surface area contributed by atoms with Crippen LogP contribution >= 0.6 is 0 Å². The van der Waals surface area contributed by atoms with Gasteiger partial charge in [0.15, 0.2) is 0 Å². The summed E-state index contributed by atoms with van der Waals surface area (Å²) >= 11 is 0. The smallest absolute Gasteiger partial charge is 0.331 e. The van der Waals surface area contributed by atoms with Crippen LogP contribution in [0.5, 0.6) is 0 Å². The summed E-state index contributed by atoms with van der Waals surface area (Å²) in [7, 11) is 1.73. The second kappa shape index (κ2) is 23.7. The molecule has 0 rings (SSSR count). The Hall–Kier alpha value is -1.96. The summed E-state index contributed by atoms with van der Waals surface area (Å²) in [4.78, 5) is 50.0. The van der Waals surface area contributed by atoms with Crippen molar-refractivity contribution in [2.24, 2.45) is 11.8 Å². The number of rotatable bonds is 25. The highest BCUT2D eigenvalue weighted by Gasteiger charge is 2.32. The standard InChI is InChI=1S/C32H60N2O6/c1-8-11-12-13-14-15-16-17-18-23-28(39-31(37)29(33-7)24(4)9-2)40-32(38)30(25(5)10-3)34-27(36)22-20-19-21-26(6)35/h24-25,28-30,33H,8-23H2,1-7H3,(H,34,36). The number of esters is 2. The van der Waals surface area contributed by atoms with E-state index in [0.29, 0.717) is 32.1 Å². The van der Waals surface area contributed by atoms with E-state index in [-0.39, 0.29) is 29.9 Å². The second-order valence-electron chi connectivity index (χ2n) is 11.4. The highest BCUT2D eigenvalue weighted by Crippen LogP contribution is 2.18. The number of carbonyl (C=O) groups is 4. The van der Waals surface area contributed by atoms with Crippen molar-refractivity contribution >= 4 is 23.6 Å². The second-order valence-corrected chi connectivity index (χ2v) is 11.4. The molecular formula is C32H60N2O6. The molecule has 0 saturated carbocycles. The van der Waals surface area contributed by atoms with E-state index >= 15 is 0 Å². The first-order chi connectivity index (χ1) is 19.1. The maximum atomic E-state index is 13.3. The number of ketones is 1. The molecule has 0 aliphatic carbocycles. The van der Waals surface area contributed by atoms with E-state index in [9.17, 15) is 19.2 Å². The Bertz CT molecular complexity index is 714. The van der Waals surface area contributed by atoms with Gasteiger partial charge in [-0.2, -0.15) is 0 Å². The van der Waals surface area contributed by atoms with Gasteiger partial charge in [0, 0.05) is 19.3 Å². The van der Waals surface area contributed by atoms with Crippen LogP contribution < -0.4 is 10.6 Å². The Morgan fingerprint density at radius 2 is 1.12 bits per heavy atom. The van der Waals surface area contributed by atoms with Crippen molar-refractivity contribution in [1.29, 1.82) is 0 Å². The number of Topliss-reactive ketones (excluding diaryl/α,β-unsaturated/α-hetero) is 1. The summed E-state index contributed by atoms with van der Waals surface area (Å²) < 4.78 is 11.5. The molecule has 2 N–H and O–H groups in total. The summed E-state index contributed by atoms with van der Waals surface area (Å²) in [5.41, 5.74) is 0. The molecule has 0 bridgehead atoms. The largest absolute Gasteiger partial charge is 0.424 e. The van der Waals surface area contributed by atoms with Crippen LogP contribution in [0.15, 0.2) is 0 Å². The fourth-order valence-electron chi connectivity index (χ4n) is 4.61. The van der Waals surface area contributed by atoms with Gasteiger partial charge >= 0.3 is 11.9 Å². The number of amides is 1. The molecule has 0 heterocycles. The first-order valence-corrected chi connectivity index (χ1v) is 16.0. The number of ether oxygens (including phenoxy) is 2. The van der Waals surface area contributed by atoms with E-state index in [4.69, 9.17) is 9.47 Å². The van der Waals surface area contributed by atoms with Gasteiger partial charge < -0.3 is 24.9 Å². The Kier molecular flexibility index (Phi) is 22.6. The summed E-state index contributed by atoms with van der Waals surface area (Å²) in [5, 5.41) is 5.86. The first-order valence-electron chi connectivity index (χ1n) is 16.0. The molecule has 5 atom stereocenters. The van der Waals surface area contributed by atoms with Crippen molar-refractivity contribution in [3.05, 3.63) is 0 Å². The highest BCUT2D eigenvalue weighted by atomic mass is 16.7. The topological polar surface area (TPSA) is 111 Å². The predicted molar refractivity (Wildman–Crippen MR) is 161 cm³/mol. The monoisotopic (exact) mass is 568 g/mol. The quantitative estimate of drug-likeness (QED) is 0.0722. The van der Waals surface area contributed by atoms with Gasteiger partial charge in [0.1, 0.15) is 17.9 Å². The van der Waals surface area contributed by atoms with E-state index in [1.54, 1.807) is 7.05 Å². The van der Waals surface area contributed by atoms with E-state index < -0.39 is 30.3 Å². The molecule has 1 amide bonds. The average Bonchev–Trinajstić information content (AvgIpc) is 2.92. The molecule has 0 aromatic carbocycles. The zero-order valence-corrected chi connectivity index (χ0v) is 26.6. The van der Waals surface area contributed by atoms with Crippen molar-refractivity contribution in [3.8, 4) is 0 Å². The Morgan fingerprint density at radius 1 is 0.650 bits per heavy atom. The van der Waals surface area contributed by atoms with Gasteiger partial charge in [-0.3, -0.25) is 9.59 Å². The van der Waals surface area contributed by atoms with Crippen LogP contribution in [0.4, 0.5) is 0 Å². The third kappa shape index (κ3) is 17.7. The van der Waals surface area contributed by atoms with Crippen LogP contribution in [-0.4, -0.2) is 49.1 Å². The van der Waals surface area contributed by atoms with Gasteiger partial charge in [-0.25, -0.2) is 4.79 Å². The van der Waals surface area contributed by atoms with Crippen LogP contribution in [0.2, 0.25) is 0 Å². The minimum atomic E-state index is -0.997. The predicted octanol–water partition coefficient (Wildman–Crippen LogP) is 6.63. The van der Waals surface area contributed by atoms with E-state index in [0.717, 1.165) is 25.7 Å². The third-order valence-corrected chi connectivity index (χ3v) is 7.78. The Balaban J connectivity index is 5.21. The number of hydrogen-bond donors (Lipinski definition) is 2. The third-order valence-electron chi connectivity index (χ3n) is 7.78. The Labute approximate surface area is 244 Å². The maximum absolute atomic E-state index is 13.3. The van der Waals surface area contributed by atoms with Crippen LogP contribution in [0.3, 0.4) is 0 Å². The van der Waals surface area contributed by atoms with Crippen LogP contribution in [0, 0.1) is 11.8 Å². The van der Waals surface area contributed by atoms with Crippen LogP contribution in [0.25, 0.3) is 0 Å². The molecule has 0 radical (unpaired) electrons. The van der Waals surface area contributed by atoms with Gasteiger partial charge in [0.2, 0.25) is 12.2 Å². The van der Waals surface area contributed by atoms with E-state index in [2.05, 4.69) is 17.6 Å². The molecule has 8 heteroatoms. The SMILES string of the molecule is CCCCCCCCCCCC(OC(=O)C(NC)C(C)CC)OC(=O)C(NC(=O)CCCCC(C)=O)C(C)CC. The highest BCUT2D eigenvalue weighted by molar-refractivity contribution is 5.85. The number of nitrogens with one attached hydrogen (secondary N) is 2. The molecule has 0 fully saturated rings. The van der Waals surface area contributed by atoms with E-state index in [1.807, 2.05) is 27.7 Å². The minimum absolute atomic E-state index is 0.0664. The van der Waals surface area contributed by atoms with E-state index in [1.165, 1.54) is 45.4 Å². The number of hydrogen-bond acceptors (Lipinski definition) is 7. The summed E-state index contributed by atoms with van der Waals surface area (Å²) in [6, 6.07) is -1.32. The van der Waals surface area contributed by atoms with Gasteiger partial charge in [-0.1, -0.05) is 98.8 Å². The maximum Gasteiger partial charge on any atom is 0.331 e. The van der Waals surface area contributed by atoms with Crippen molar-refractivity contribution < 1.29 is 28.7 Å². The zero-order chi connectivity index (χ0) is 30.3. The van der Waals surface area contributed by atoms with Crippen molar-refractivity contribution in [3.63, 3.8) is 0 Å². The molecule has 0 spiro atoms. The zero-order valence-electron chi connectivity index (χ0n) is 26.6. The van der Waals surface area contributed by atoms with Crippen molar-refractivity contribution in [1.82, 2.24) is 10.6 Å². The molecule has 0 saturated heterocycles. The van der Waals surface area contributed by atoms with Gasteiger partial charge in [-0.15, -0.1) is 0 Å². The minimum Gasteiger partial charge on any atom is -0.424 e. The number of carbonyl (C=O) groups excluding carboxylic acids is 4. The average molecular weight is 569 g/mol. The lowest BCUT2D eigenvalue weighted by Crippen LogP contribution is -2.48. The van der Waals surface area contributed by atoms with Crippen LogP contribution in [0.1, 0.15) is 144 Å². The van der Waals surface area contributed by atoms with Gasteiger partial charge in [0.05, 0.1) is 0 Å². The fraction of sp³-hybridized carbons (Fsp3) is 0.875. The molecule has 5 unspecified atom stereocenters. The molecule has 0 aliphatic rings. The molecular weight excluding hydrogens is 508 g/mol. The number of likely N-dealkylation sites (N-methyl/N-ethyl adjacent to an activating group) is 1. The normalized spacial score (nSPS) is 15.0. The van der Waals surface area contributed by atoms with Crippen molar-refractivity contribution in [2.75, 3.05) is 7.05 Å². The summed E-state index contributed by atoms with van der Waals surface area (Å²) in [6.07, 6.45) is 13.2. The molecule has 8 nitrogen and oxygen atoms in total. The summed E-state index contributed by atoms with van der Waals surface area (Å²) in [5.74, 6) is -1.24. The first kappa shape index (κ1) is 38.0. The molecule has 40 heavy (non-hydrogen) atoms. The lowest BCUT2D eigenvalue weighted by Gasteiger charge is -2.27. The van der Waals surface area contributed by atoms with Gasteiger partial charge in [0.25, 0.3) is 0 Å². The van der Waals surface area contributed by atoms with Crippen molar-refractivity contribution in [2.45, 2.75) is 163 Å². The number of unbranched alkanes of at least 4 members (excludes halogenated alkanes) is 9. The van der Waals surface area contributed by atoms with Gasteiger partial charge in [-0.05, 0) is 45.1 Å². The van der Waals surface area contributed by atoms with Crippen LogP contribution in [-0.2, 0) is 28.7 Å².